The first-order valence-corrected chi connectivity index (χ1v) is 8.77. The smallest absolute Gasteiger partial charge is 0.261 e. The summed E-state index contributed by atoms with van der Waals surface area (Å²) in [5, 5.41) is 0. The molecule has 0 bridgehead atoms. The van der Waals surface area contributed by atoms with Crippen LogP contribution in [0.2, 0.25) is 0 Å². The Bertz CT molecular complexity index is 740. The van der Waals surface area contributed by atoms with Crippen molar-refractivity contribution < 1.29 is 19.1 Å². The molecule has 1 aliphatic heterocycles. The number of imide groups is 1. The van der Waals surface area contributed by atoms with Crippen molar-refractivity contribution in [2.75, 3.05) is 4.90 Å². The van der Waals surface area contributed by atoms with Crippen molar-refractivity contribution in [2.45, 2.75) is 45.6 Å². The predicted octanol–water partition coefficient (Wildman–Crippen LogP) is 3.55. The van der Waals surface area contributed by atoms with E-state index >= 15 is 0 Å². The maximum absolute atomic E-state index is 12.6. The lowest BCUT2D eigenvalue weighted by atomic mass is 9.93. The molecule has 0 saturated heterocycles. The molecule has 0 aromatic heterocycles. The molecular weight excluding hydrogens is 374 g/mol. The number of anilines is 1. The summed E-state index contributed by atoms with van der Waals surface area (Å²) in [6.07, 6.45) is 2.61. The van der Waals surface area contributed by atoms with Gasteiger partial charge in [-0.2, -0.15) is 0 Å². The van der Waals surface area contributed by atoms with Gasteiger partial charge in [0.05, 0.1) is 10.2 Å². The average Bonchev–Trinajstić information content (AvgIpc) is 2.81. The maximum Gasteiger partial charge on any atom is 0.261 e. The van der Waals surface area contributed by atoms with Crippen LogP contribution in [0.4, 0.5) is 5.69 Å². The van der Waals surface area contributed by atoms with E-state index in [9.17, 15) is 14.4 Å². The van der Waals surface area contributed by atoms with Gasteiger partial charge < -0.3 is 4.74 Å². The Morgan fingerprint density at radius 1 is 1.17 bits per heavy atom. The van der Waals surface area contributed by atoms with Gasteiger partial charge in [-0.05, 0) is 67.6 Å². The first-order valence-electron chi connectivity index (χ1n) is 7.97. The summed E-state index contributed by atoms with van der Waals surface area (Å²) in [5.74, 6) is -0.136. The second-order valence-corrected chi connectivity index (χ2v) is 6.95. The molecule has 1 aromatic carbocycles. The Balaban J connectivity index is 1.92. The van der Waals surface area contributed by atoms with E-state index in [1.165, 1.54) is 11.8 Å². The molecule has 24 heavy (non-hydrogen) atoms. The SMILES string of the molecule is CC(=O)C(C)Oc1cc(N2C(=O)C3=C(CCCC3)C2=O)ccc1Br. The van der Waals surface area contributed by atoms with Crippen LogP contribution in [0.15, 0.2) is 33.8 Å². The summed E-state index contributed by atoms with van der Waals surface area (Å²) < 4.78 is 6.30. The highest BCUT2D eigenvalue weighted by Crippen LogP contribution is 2.38. The van der Waals surface area contributed by atoms with Gasteiger partial charge in [0, 0.05) is 17.2 Å². The molecular formula is C18H18BrNO4. The number of hydrogen-bond donors (Lipinski definition) is 0. The molecule has 126 valence electrons. The molecule has 1 aliphatic carbocycles. The van der Waals surface area contributed by atoms with Crippen molar-refractivity contribution >= 4 is 39.2 Å². The Kier molecular flexibility index (Phi) is 4.58. The van der Waals surface area contributed by atoms with Gasteiger partial charge in [-0.25, -0.2) is 4.90 Å². The monoisotopic (exact) mass is 391 g/mol. The third-order valence-electron chi connectivity index (χ3n) is 4.44. The number of halogens is 1. The zero-order valence-electron chi connectivity index (χ0n) is 13.6. The quantitative estimate of drug-likeness (QED) is 0.736. The van der Waals surface area contributed by atoms with Crippen molar-refractivity contribution in [1.82, 2.24) is 0 Å². The largest absolute Gasteiger partial charge is 0.482 e. The number of ether oxygens (including phenoxy) is 1. The van der Waals surface area contributed by atoms with E-state index in [-0.39, 0.29) is 17.6 Å². The minimum atomic E-state index is -0.604. The van der Waals surface area contributed by atoms with E-state index in [0.717, 1.165) is 12.8 Å². The zero-order valence-corrected chi connectivity index (χ0v) is 15.2. The summed E-state index contributed by atoms with van der Waals surface area (Å²) in [6, 6.07) is 5.04. The second-order valence-electron chi connectivity index (χ2n) is 6.10. The Hall–Kier alpha value is -1.95. The molecule has 0 spiro atoms. The fraction of sp³-hybridized carbons (Fsp3) is 0.389. The molecule has 0 N–H and O–H groups in total. The Labute approximate surface area is 148 Å². The number of Topliss-reactive ketones (excluding diaryl/α,β-unsaturated/α-hetero) is 1. The second kappa shape index (κ2) is 6.51. The number of nitrogens with zero attached hydrogens (tertiary/aromatic N) is 1. The maximum atomic E-state index is 12.6. The number of carbonyl (C=O) groups is 3. The van der Waals surface area contributed by atoms with Crippen molar-refractivity contribution in [3.05, 3.63) is 33.8 Å². The van der Waals surface area contributed by atoms with E-state index in [4.69, 9.17) is 4.74 Å². The molecule has 0 radical (unpaired) electrons. The van der Waals surface area contributed by atoms with Crippen LogP contribution in [0.1, 0.15) is 39.5 Å². The lowest BCUT2D eigenvalue weighted by molar-refractivity contribution is -0.123. The minimum absolute atomic E-state index is 0.0993. The van der Waals surface area contributed by atoms with Crippen molar-refractivity contribution in [3.8, 4) is 5.75 Å². The van der Waals surface area contributed by atoms with Crippen LogP contribution in [0.5, 0.6) is 5.75 Å². The van der Waals surface area contributed by atoms with Gasteiger partial charge in [-0.1, -0.05) is 0 Å². The van der Waals surface area contributed by atoms with E-state index in [0.29, 0.717) is 39.9 Å². The van der Waals surface area contributed by atoms with Crippen LogP contribution < -0.4 is 9.64 Å². The molecule has 2 amide bonds. The van der Waals surface area contributed by atoms with E-state index in [1.54, 1.807) is 25.1 Å². The van der Waals surface area contributed by atoms with Gasteiger partial charge in [-0.15, -0.1) is 0 Å². The highest BCUT2D eigenvalue weighted by atomic mass is 79.9. The highest BCUT2D eigenvalue weighted by molar-refractivity contribution is 9.10. The van der Waals surface area contributed by atoms with E-state index < -0.39 is 6.10 Å². The van der Waals surface area contributed by atoms with Gasteiger partial charge in [0.15, 0.2) is 11.9 Å². The number of rotatable bonds is 4. The molecule has 1 heterocycles. The number of ketones is 1. The normalized spacial score (nSPS) is 18.7. The van der Waals surface area contributed by atoms with Crippen LogP contribution in [0.25, 0.3) is 0 Å². The first-order chi connectivity index (χ1) is 11.4. The van der Waals surface area contributed by atoms with Crippen LogP contribution >= 0.6 is 15.9 Å². The third kappa shape index (κ3) is 2.90. The summed E-state index contributed by atoms with van der Waals surface area (Å²) in [4.78, 5) is 37.9. The molecule has 3 rings (SSSR count). The number of amides is 2. The van der Waals surface area contributed by atoms with Gasteiger partial charge in [0.25, 0.3) is 11.8 Å². The van der Waals surface area contributed by atoms with Crippen LogP contribution in [0.3, 0.4) is 0 Å². The summed E-state index contributed by atoms with van der Waals surface area (Å²) >= 11 is 3.37. The van der Waals surface area contributed by atoms with Gasteiger partial charge in [0.2, 0.25) is 0 Å². The summed E-state index contributed by atoms with van der Waals surface area (Å²) in [5.41, 5.74) is 1.76. The summed E-state index contributed by atoms with van der Waals surface area (Å²) in [6.45, 7) is 3.11. The lowest BCUT2D eigenvalue weighted by Crippen LogP contribution is -2.31. The predicted molar refractivity (Wildman–Crippen MR) is 92.9 cm³/mol. The third-order valence-corrected chi connectivity index (χ3v) is 5.09. The molecule has 5 nitrogen and oxygen atoms in total. The molecule has 0 fully saturated rings. The average molecular weight is 392 g/mol. The molecule has 0 saturated carbocycles. The fourth-order valence-electron chi connectivity index (χ4n) is 2.97. The minimum Gasteiger partial charge on any atom is -0.482 e. The van der Waals surface area contributed by atoms with Crippen LogP contribution in [-0.4, -0.2) is 23.7 Å². The number of carbonyl (C=O) groups excluding carboxylic acids is 3. The van der Waals surface area contributed by atoms with Gasteiger partial charge in [-0.3, -0.25) is 14.4 Å². The first kappa shape index (κ1) is 16.9. The Morgan fingerprint density at radius 3 is 2.29 bits per heavy atom. The molecule has 1 unspecified atom stereocenters. The van der Waals surface area contributed by atoms with Gasteiger partial charge in [0.1, 0.15) is 5.75 Å². The topological polar surface area (TPSA) is 63.7 Å². The highest BCUT2D eigenvalue weighted by Gasteiger charge is 2.39. The molecule has 2 aliphatic rings. The van der Waals surface area contributed by atoms with Crippen molar-refractivity contribution in [1.29, 1.82) is 0 Å². The fourth-order valence-corrected chi connectivity index (χ4v) is 3.31. The van der Waals surface area contributed by atoms with E-state index in [2.05, 4.69) is 15.9 Å². The number of hydrogen-bond acceptors (Lipinski definition) is 4. The van der Waals surface area contributed by atoms with Crippen LogP contribution in [0, 0.1) is 0 Å². The standard InChI is InChI=1S/C18H18BrNO4/c1-10(21)11(2)24-16-9-12(7-8-15(16)19)20-17(22)13-5-3-4-6-14(13)18(20)23/h7-9,11H,3-6H2,1-2H3. The molecule has 1 atom stereocenters. The van der Waals surface area contributed by atoms with Crippen molar-refractivity contribution in [3.63, 3.8) is 0 Å². The lowest BCUT2D eigenvalue weighted by Gasteiger charge is -2.18. The van der Waals surface area contributed by atoms with Crippen molar-refractivity contribution in [2.24, 2.45) is 0 Å². The summed E-state index contributed by atoms with van der Waals surface area (Å²) in [7, 11) is 0. The Morgan fingerprint density at radius 2 is 1.75 bits per heavy atom. The zero-order chi connectivity index (χ0) is 17.4. The number of benzene rings is 1. The van der Waals surface area contributed by atoms with Gasteiger partial charge >= 0.3 is 0 Å². The van der Waals surface area contributed by atoms with Crippen LogP contribution in [-0.2, 0) is 14.4 Å². The van der Waals surface area contributed by atoms with E-state index in [1.807, 2.05) is 0 Å². The molecule has 1 aromatic rings. The molecule has 6 heteroatoms.